The predicted octanol–water partition coefficient (Wildman–Crippen LogP) is 11.1. The van der Waals surface area contributed by atoms with E-state index in [9.17, 15) is 0 Å². The van der Waals surface area contributed by atoms with E-state index in [-0.39, 0.29) is 0 Å². The summed E-state index contributed by atoms with van der Waals surface area (Å²) in [7, 11) is 0. The van der Waals surface area contributed by atoms with Crippen molar-refractivity contribution < 1.29 is 0 Å². The summed E-state index contributed by atoms with van der Waals surface area (Å²) in [5.41, 5.74) is 5.24. The molecule has 3 heterocycles. The van der Waals surface area contributed by atoms with E-state index >= 15 is 0 Å². The summed E-state index contributed by atoms with van der Waals surface area (Å²) >= 11 is 0. The van der Waals surface area contributed by atoms with E-state index in [2.05, 4.69) is 140 Å². The van der Waals surface area contributed by atoms with Crippen LogP contribution >= 0.6 is 0 Å². The molecule has 0 aliphatic heterocycles. The Kier molecular flexibility index (Phi) is 6.42. The molecule has 5 heteroatoms. The van der Waals surface area contributed by atoms with Crippen LogP contribution in [0, 0.1) is 0 Å². The number of hydrogen-bond donors (Lipinski definition) is 0. The largest absolute Gasteiger partial charge is 0.254 e. The predicted molar refractivity (Wildman–Crippen MR) is 205 cm³/mol. The van der Waals surface area contributed by atoms with Gasteiger partial charge < -0.3 is 0 Å². The highest BCUT2D eigenvalue weighted by molar-refractivity contribution is 6.22. The molecule has 0 saturated carbocycles. The molecule has 0 unspecified atom stereocenters. The van der Waals surface area contributed by atoms with Crippen molar-refractivity contribution in [2.45, 2.75) is 0 Å². The molecule has 5 nitrogen and oxygen atoms in total. The van der Waals surface area contributed by atoms with Crippen LogP contribution in [0.5, 0.6) is 0 Å². The highest BCUT2D eigenvalue weighted by Gasteiger charge is 2.17. The lowest BCUT2D eigenvalue weighted by molar-refractivity contribution is 1.07. The molecule has 0 amide bonds. The average Bonchev–Trinajstić information content (AvgIpc) is 3.20. The number of fused-ring (bicyclic) bond motifs is 7. The van der Waals surface area contributed by atoms with Crippen LogP contribution in [0.25, 0.3) is 99.5 Å². The smallest absolute Gasteiger partial charge is 0.165 e. The van der Waals surface area contributed by atoms with Gasteiger partial charge in [0.15, 0.2) is 17.5 Å². The van der Waals surface area contributed by atoms with Crippen LogP contribution in [0.4, 0.5) is 0 Å². The molecule has 0 N–H and O–H groups in total. The molecule has 0 fully saturated rings. The van der Waals surface area contributed by atoms with E-state index in [1.807, 2.05) is 24.4 Å². The zero-order valence-corrected chi connectivity index (χ0v) is 26.8. The summed E-state index contributed by atoms with van der Waals surface area (Å²) in [5.74, 6) is 1.79. The van der Waals surface area contributed by atoms with E-state index in [4.69, 9.17) is 24.9 Å². The number of pyridine rings is 2. The molecule has 0 bridgehead atoms. The highest BCUT2D eigenvalue weighted by atomic mass is 15.0. The lowest BCUT2D eigenvalue weighted by Crippen LogP contribution is -2.01. The molecule has 3 aromatic heterocycles. The first-order valence-electron chi connectivity index (χ1n) is 16.7. The molecule has 10 rings (SSSR count). The van der Waals surface area contributed by atoms with E-state index in [0.29, 0.717) is 17.5 Å². The van der Waals surface area contributed by atoms with Gasteiger partial charge in [-0.3, -0.25) is 4.98 Å². The monoisotopic (exact) mass is 637 g/mol. The molecular weight excluding hydrogens is 611 g/mol. The Labute approximate surface area is 287 Å². The minimum Gasteiger partial charge on any atom is -0.254 e. The summed E-state index contributed by atoms with van der Waals surface area (Å²) in [5, 5.41) is 10.4. The van der Waals surface area contributed by atoms with Gasteiger partial charge in [0, 0.05) is 39.0 Å². The molecule has 0 atom stereocenters. The maximum atomic E-state index is 5.14. The quantitative estimate of drug-likeness (QED) is 0.180. The Morgan fingerprint density at radius 3 is 1.50 bits per heavy atom. The second-order valence-electron chi connectivity index (χ2n) is 12.5. The van der Waals surface area contributed by atoms with Crippen LogP contribution in [0.2, 0.25) is 0 Å². The molecule has 7 aromatic carbocycles. The maximum Gasteiger partial charge on any atom is 0.165 e. The van der Waals surface area contributed by atoms with Crippen LogP contribution in [0.15, 0.2) is 164 Å². The van der Waals surface area contributed by atoms with Crippen LogP contribution in [0.3, 0.4) is 0 Å². The van der Waals surface area contributed by atoms with Gasteiger partial charge in [-0.25, -0.2) is 19.9 Å². The SMILES string of the molecule is c1ccc2cc(-c3nc(-c4ccc(-c5nc6ccccc6c6c5ccc5ccccc56)nc4)nc(-c4ccc5ccccc5c4)n3)ccc2c1. The number of benzene rings is 7. The lowest BCUT2D eigenvalue weighted by Gasteiger charge is -2.13. The van der Waals surface area contributed by atoms with Crippen molar-refractivity contribution in [3.8, 4) is 45.6 Å². The molecule has 0 aliphatic carbocycles. The van der Waals surface area contributed by atoms with Crippen LogP contribution in [-0.2, 0) is 0 Å². The molecule has 50 heavy (non-hydrogen) atoms. The Balaban J connectivity index is 1.13. The van der Waals surface area contributed by atoms with Crippen LogP contribution in [-0.4, -0.2) is 24.9 Å². The second kappa shape index (κ2) is 11.4. The average molecular weight is 638 g/mol. The zero-order chi connectivity index (χ0) is 33.0. The molecule has 0 spiro atoms. The van der Waals surface area contributed by atoms with Gasteiger partial charge in [0.1, 0.15) is 0 Å². The third-order valence-corrected chi connectivity index (χ3v) is 9.50. The van der Waals surface area contributed by atoms with Crippen molar-refractivity contribution in [1.82, 2.24) is 24.9 Å². The number of para-hydroxylation sites is 1. The number of hydrogen-bond acceptors (Lipinski definition) is 5. The fraction of sp³-hybridized carbons (Fsp3) is 0. The van der Waals surface area contributed by atoms with E-state index in [0.717, 1.165) is 55.1 Å². The molecule has 0 saturated heterocycles. The summed E-state index contributed by atoms with van der Waals surface area (Å²) < 4.78 is 0. The Hall–Kier alpha value is -6.85. The summed E-state index contributed by atoms with van der Waals surface area (Å²) in [6.07, 6.45) is 1.85. The van der Waals surface area contributed by atoms with Gasteiger partial charge in [-0.05, 0) is 62.6 Å². The number of rotatable bonds is 4. The maximum absolute atomic E-state index is 5.14. The Morgan fingerprint density at radius 2 is 0.860 bits per heavy atom. The van der Waals surface area contributed by atoms with Gasteiger partial charge in [0.25, 0.3) is 0 Å². The van der Waals surface area contributed by atoms with Crippen molar-refractivity contribution in [3.05, 3.63) is 164 Å². The minimum atomic E-state index is 0.563. The highest BCUT2D eigenvalue weighted by Crippen LogP contribution is 2.37. The number of aromatic nitrogens is 5. The molecule has 0 aliphatic rings. The van der Waals surface area contributed by atoms with Crippen molar-refractivity contribution in [2.24, 2.45) is 0 Å². The van der Waals surface area contributed by atoms with Gasteiger partial charge in [0.05, 0.1) is 16.9 Å². The second-order valence-corrected chi connectivity index (χ2v) is 12.5. The van der Waals surface area contributed by atoms with Crippen molar-refractivity contribution in [2.75, 3.05) is 0 Å². The number of nitrogens with zero attached hydrogens (tertiary/aromatic N) is 5. The topological polar surface area (TPSA) is 64.5 Å². The van der Waals surface area contributed by atoms with Crippen LogP contribution in [0.1, 0.15) is 0 Å². The van der Waals surface area contributed by atoms with E-state index in [1.165, 1.54) is 26.9 Å². The fourth-order valence-electron chi connectivity index (χ4n) is 7.00. The van der Waals surface area contributed by atoms with Gasteiger partial charge in [-0.2, -0.15) is 0 Å². The molecule has 232 valence electrons. The first-order valence-corrected chi connectivity index (χ1v) is 16.7. The van der Waals surface area contributed by atoms with E-state index in [1.54, 1.807) is 0 Å². The molecule has 10 aromatic rings. The summed E-state index contributed by atoms with van der Waals surface area (Å²) in [6.45, 7) is 0. The first-order chi connectivity index (χ1) is 24.7. The fourth-order valence-corrected chi connectivity index (χ4v) is 7.00. The van der Waals surface area contributed by atoms with Gasteiger partial charge >= 0.3 is 0 Å². The van der Waals surface area contributed by atoms with Crippen molar-refractivity contribution >= 4 is 54.0 Å². The normalized spacial score (nSPS) is 11.6. The van der Waals surface area contributed by atoms with E-state index < -0.39 is 0 Å². The summed E-state index contributed by atoms with van der Waals surface area (Å²) in [6, 6.07) is 54.6. The Bertz CT molecular complexity index is 2820. The third-order valence-electron chi connectivity index (χ3n) is 9.50. The molecular formula is C45H27N5. The lowest BCUT2D eigenvalue weighted by atomic mass is 9.96. The third kappa shape index (κ3) is 4.75. The standard InChI is InChI=1S/C45H27N5/c1-3-12-31-25-33(19-17-28(31)9-1)43-48-44(34-20-18-29-10-2-4-13-32(29)26-34)50-45(49-43)35-22-24-40(46-27-35)42-38-23-21-30-11-5-6-14-36(30)41(38)37-15-7-8-16-39(37)47-42/h1-27H. The van der Waals surface area contributed by atoms with Crippen molar-refractivity contribution in [3.63, 3.8) is 0 Å². The van der Waals surface area contributed by atoms with Gasteiger partial charge in [0.2, 0.25) is 0 Å². The summed E-state index contributed by atoms with van der Waals surface area (Å²) in [4.78, 5) is 25.2. The zero-order valence-electron chi connectivity index (χ0n) is 26.8. The van der Waals surface area contributed by atoms with Crippen molar-refractivity contribution in [1.29, 1.82) is 0 Å². The van der Waals surface area contributed by atoms with Crippen LogP contribution < -0.4 is 0 Å². The van der Waals surface area contributed by atoms with Gasteiger partial charge in [-0.1, -0.05) is 127 Å². The minimum absolute atomic E-state index is 0.563. The molecule has 0 radical (unpaired) electrons. The Morgan fingerprint density at radius 1 is 0.340 bits per heavy atom. The first kappa shape index (κ1) is 28.2. The van der Waals surface area contributed by atoms with Gasteiger partial charge in [-0.15, -0.1) is 0 Å².